The summed E-state index contributed by atoms with van der Waals surface area (Å²) in [5.74, 6) is 0.848. The molecule has 2 N–H and O–H groups in total. The Labute approximate surface area is 137 Å². The quantitative estimate of drug-likeness (QED) is 0.893. The lowest BCUT2D eigenvalue weighted by molar-refractivity contribution is 0.102. The standard InChI is InChI=1S/C18H24N4O/c1-12(2)13-6-8-14(9-7-13)19-17(23)15-10-11-16(22-21-15)20-18(3,4)5/h6-12H,1-5H3,(H,19,23)(H,20,22). The highest BCUT2D eigenvalue weighted by molar-refractivity contribution is 6.02. The number of hydrogen-bond donors (Lipinski definition) is 2. The highest BCUT2D eigenvalue weighted by Crippen LogP contribution is 2.17. The number of hydrogen-bond acceptors (Lipinski definition) is 4. The summed E-state index contributed by atoms with van der Waals surface area (Å²) in [5, 5.41) is 14.1. The smallest absolute Gasteiger partial charge is 0.276 e. The molecule has 122 valence electrons. The Hall–Kier alpha value is -2.43. The zero-order chi connectivity index (χ0) is 17.0. The molecule has 2 rings (SSSR count). The largest absolute Gasteiger partial charge is 0.364 e. The number of aromatic nitrogens is 2. The van der Waals surface area contributed by atoms with Crippen molar-refractivity contribution in [2.45, 2.75) is 46.1 Å². The Balaban J connectivity index is 2.03. The topological polar surface area (TPSA) is 66.9 Å². The normalized spacial score (nSPS) is 11.4. The lowest BCUT2D eigenvalue weighted by atomic mass is 10.0. The second-order valence-electron chi connectivity index (χ2n) is 6.91. The maximum atomic E-state index is 12.2. The SMILES string of the molecule is CC(C)c1ccc(NC(=O)c2ccc(NC(C)(C)C)nn2)cc1. The number of carbonyl (C=O) groups is 1. The lowest BCUT2D eigenvalue weighted by Gasteiger charge is -2.20. The predicted octanol–water partition coefficient (Wildman–Crippen LogP) is 4.06. The van der Waals surface area contributed by atoms with Crippen molar-refractivity contribution in [1.29, 1.82) is 0 Å². The van der Waals surface area contributed by atoms with Crippen LogP contribution in [0.1, 0.15) is 56.6 Å². The van der Waals surface area contributed by atoms with Crippen LogP contribution in [0, 0.1) is 0 Å². The first-order chi connectivity index (χ1) is 10.7. The van der Waals surface area contributed by atoms with Crippen molar-refractivity contribution in [3.63, 3.8) is 0 Å². The molecule has 5 heteroatoms. The molecular weight excluding hydrogens is 288 g/mol. The van der Waals surface area contributed by atoms with E-state index in [4.69, 9.17) is 0 Å². The van der Waals surface area contributed by atoms with E-state index in [1.165, 1.54) is 5.56 Å². The lowest BCUT2D eigenvalue weighted by Crippen LogP contribution is -2.27. The van der Waals surface area contributed by atoms with Gasteiger partial charge >= 0.3 is 0 Å². The van der Waals surface area contributed by atoms with Crippen LogP contribution >= 0.6 is 0 Å². The highest BCUT2D eigenvalue weighted by Gasteiger charge is 2.12. The van der Waals surface area contributed by atoms with Gasteiger partial charge in [-0.05, 0) is 56.5 Å². The first kappa shape index (κ1) is 16.9. The van der Waals surface area contributed by atoms with Crippen LogP contribution in [0.25, 0.3) is 0 Å². The van der Waals surface area contributed by atoms with Gasteiger partial charge in [0, 0.05) is 11.2 Å². The number of carbonyl (C=O) groups excluding carboxylic acids is 1. The second-order valence-corrected chi connectivity index (χ2v) is 6.91. The van der Waals surface area contributed by atoms with Gasteiger partial charge in [0.1, 0.15) is 5.82 Å². The molecule has 0 saturated carbocycles. The van der Waals surface area contributed by atoms with Crippen molar-refractivity contribution in [3.8, 4) is 0 Å². The van der Waals surface area contributed by atoms with Crippen LogP contribution in [-0.4, -0.2) is 21.6 Å². The van der Waals surface area contributed by atoms with Crippen molar-refractivity contribution in [2.75, 3.05) is 10.6 Å². The molecule has 0 fully saturated rings. The maximum Gasteiger partial charge on any atom is 0.276 e. The average Bonchev–Trinajstić information content (AvgIpc) is 2.46. The van der Waals surface area contributed by atoms with Gasteiger partial charge in [-0.3, -0.25) is 4.79 Å². The third-order valence-electron chi connectivity index (χ3n) is 3.24. The van der Waals surface area contributed by atoms with E-state index in [2.05, 4.69) is 34.7 Å². The minimum absolute atomic E-state index is 0.101. The Kier molecular flexibility index (Phi) is 4.98. The molecule has 23 heavy (non-hydrogen) atoms. The summed E-state index contributed by atoms with van der Waals surface area (Å²) in [5.41, 5.74) is 2.17. The molecule has 1 heterocycles. The Morgan fingerprint density at radius 1 is 1.00 bits per heavy atom. The zero-order valence-corrected chi connectivity index (χ0v) is 14.3. The molecule has 0 radical (unpaired) electrons. The monoisotopic (exact) mass is 312 g/mol. The number of rotatable bonds is 4. The minimum Gasteiger partial charge on any atom is -0.364 e. The van der Waals surface area contributed by atoms with Gasteiger partial charge in [0.05, 0.1) is 0 Å². The van der Waals surface area contributed by atoms with Gasteiger partial charge in [-0.1, -0.05) is 26.0 Å². The molecule has 0 aliphatic rings. The number of nitrogens with one attached hydrogen (secondary N) is 2. The summed E-state index contributed by atoms with van der Waals surface area (Å²) >= 11 is 0. The Morgan fingerprint density at radius 3 is 2.13 bits per heavy atom. The van der Waals surface area contributed by atoms with Gasteiger partial charge in [0.2, 0.25) is 0 Å². The molecule has 1 aromatic heterocycles. The Bertz CT molecular complexity index is 655. The fourth-order valence-corrected chi connectivity index (χ4v) is 2.05. The molecule has 0 atom stereocenters. The summed E-state index contributed by atoms with van der Waals surface area (Å²) in [6.45, 7) is 10.4. The zero-order valence-electron chi connectivity index (χ0n) is 14.3. The van der Waals surface area contributed by atoms with Crippen molar-refractivity contribution >= 4 is 17.4 Å². The van der Waals surface area contributed by atoms with Crippen LogP contribution in [0.2, 0.25) is 0 Å². The number of amides is 1. The van der Waals surface area contributed by atoms with Crippen LogP contribution in [-0.2, 0) is 0 Å². The first-order valence-electron chi connectivity index (χ1n) is 7.78. The fourth-order valence-electron chi connectivity index (χ4n) is 2.05. The molecule has 5 nitrogen and oxygen atoms in total. The summed E-state index contributed by atoms with van der Waals surface area (Å²) in [6, 6.07) is 11.3. The third kappa shape index (κ3) is 5.06. The molecule has 0 unspecified atom stereocenters. The molecule has 1 amide bonds. The number of benzene rings is 1. The van der Waals surface area contributed by atoms with Crippen LogP contribution < -0.4 is 10.6 Å². The third-order valence-corrected chi connectivity index (χ3v) is 3.24. The van der Waals surface area contributed by atoms with Crippen LogP contribution in [0.5, 0.6) is 0 Å². The van der Waals surface area contributed by atoms with E-state index >= 15 is 0 Å². The Morgan fingerprint density at radius 2 is 1.65 bits per heavy atom. The summed E-state index contributed by atoms with van der Waals surface area (Å²) in [7, 11) is 0. The number of anilines is 2. The molecular formula is C18H24N4O. The van der Waals surface area contributed by atoms with Gasteiger partial charge in [-0.25, -0.2) is 0 Å². The summed E-state index contributed by atoms with van der Waals surface area (Å²) in [6.07, 6.45) is 0. The van der Waals surface area contributed by atoms with E-state index in [-0.39, 0.29) is 17.1 Å². The molecule has 1 aromatic carbocycles. The van der Waals surface area contributed by atoms with E-state index in [0.29, 0.717) is 11.7 Å². The molecule has 0 saturated heterocycles. The van der Waals surface area contributed by atoms with Crippen molar-refractivity contribution in [3.05, 3.63) is 47.7 Å². The van der Waals surface area contributed by atoms with Crippen molar-refractivity contribution < 1.29 is 4.79 Å². The molecule has 2 aromatic rings. The van der Waals surface area contributed by atoms with Crippen LogP contribution in [0.3, 0.4) is 0 Å². The van der Waals surface area contributed by atoms with Crippen LogP contribution in [0.4, 0.5) is 11.5 Å². The van der Waals surface area contributed by atoms with Crippen molar-refractivity contribution in [1.82, 2.24) is 10.2 Å². The molecule has 0 spiro atoms. The van der Waals surface area contributed by atoms with Gasteiger partial charge < -0.3 is 10.6 Å². The van der Waals surface area contributed by atoms with E-state index < -0.39 is 0 Å². The van der Waals surface area contributed by atoms with Gasteiger partial charge in [-0.15, -0.1) is 10.2 Å². The van der Waals surface area contributed by atoms with Crippen LogP contribution in [0.15, 0.2) is 36.4 Å². The van der Waals surface area contributed by atoms with Gasteiger partial charge in [0.25, 0.3) is 5.91 Å². The molecule has 0 aliphatic carbocycles. The van der Waals surface area contributed by atoms with E-state index in [1.54, 1.807) is 12.1 Å². The van der Waals surface area contributed by atoms with Crippen molar-refractivity contribution in [2.24, 2.45) is 0 Å². The van der Waals surface area contributed by atoms with Gasteiger partial charge in [-0.2, -0.15) is 0 Å². The van der Waals surface area contributed by atoms with E-state index in [1.807, 2.05) is 45.0 Å². The fraction of sp³-hybridized carbons (Fsp3) is 0.389. The second kappa shape index (κ2) is 6.77. The summed E-state index contributed by atoms with van der Waals surface area (Å²) in [4.78, 5) is 12.2. The van der Waals surface area contributed by atoms with Gasteiger partial charge in [0.15, 0.2) is 5.69 Å². The first-order valence-corrected chi connectivity index (χ1v) is 7.78. The van der Waals surface area contributed by atoms with E-state index in [0.717, 1.165) is 5.69 Å². The maximum absolute atomic E-state index is 12.2. The highest BCUT2D eigenvalue weighted by atomic mass is 16.1. The number of nitrogens with zero attached hydrogens (tertiary/aromatic N) is 2. The molecule has 0 aliphatic heterocycles. The minimum atomic E-state index is -0.267. The average molecular weight is 312 g/mol. The molecule has 0 bridgehead atoms. The van der Waals surface area contributed by atoms with E-state index in [9.17, 15) is 4.79 Å². The predicted molar refractivity (Wildman–Crippen MR) is 93.9 cm³/mol. The summed E-state index contributed by atoms with van der Waals surface area (Å²) < 4.78 is 0.